The minimum Gasteiger partial charge on any atom is -0.229 e. The van der Waals surface area contributed by atoms with Crippen molar-refractivity contribution in [2.24, 2.45) is 0 Å². The van der Waals surface area contributed by atoms with Crippen LogP contribution in [0.25, 0.3) is 0 Å². The summed E-state index contributed by atoms with van der Waals surface area (Å²) in [5, 5.41) is 11.3. The van der Waals surface area contributed by atoms with Gasteiger partial charge in [-0.3, -0.25) is 0 Å². The van der Waals surface area contributed by atoms with E-state index in [0.717, 1.165) is 25.7 Å². The average Bonchev–Trinajstić information content (AvgIpc) is 1.79. The highest BCUT2D eigenvalue weighted by Gasteiger charge is 2.35. The molecule has 1 aliphatic carbocycles. The van der Waals surface area contributed by atoms with Gasteiger partial charge in [-0.05, 0) is 25.7 Å². The molecule has 0 amide bonds. The van der Waals surface area contributed by atoms with Crippen LogP contribution in [0.5, 0.6) is 0 Å². The first-order valence-corrected chi connectivity index (χ1v) is 3.97. The maximum atomic E-state index is 11.3. The minimum atomic E-state index is -0.476. The van der Waals surface area contributed by atoms with E-state index in [1.165, 1.54) is 12.8 Å². The maximum absolute atomic E-state index is 11.3. The van der Waals surface area contributed by atoms with Crippen molar-refractivity contribution in [1.82, 2.24) is 0 Å². The second-order valence-electron chi connectivity index (χ2n) is 3.14. The third-order valence-corrected chi connectivity index (χ3v) is 2.25. The van der Waals surface area contributed by atoms with Crippen LogP contribution in [0.1, 0.15) is 45.4 Å². The van der Waals surface area contributed by atoms with Gasteiger partial charge in [0.2, 0.25) is 0 Å². The maximum Gasteiger partial charge on any atom is 0.104 e. The van der Waals surface area contributed by atoms with Gasteiger partial charge in [-0.25, -0.2) is 5.11 Å². The van der Waals surface area contributed by atoms with E-state index in [0.29, 0.717) is 0 Å². The van der Waals surface area contributed by atoms with Crippen LogP contribution in [0.2, 0.25) is 0 Å². The molecule has 1 rings (SSSR count). The number of hydrogen-bond donors (Lipinski definition) is 0. The highest BCUT2D eigenvalue weighted by Crippen LogP contribution is 2.36. The molecule has 0 aromatic carbocycles. The molecular formula is C8H15O. The van der Waals surface area contributed by atoms with Crippen LogP contribution in [0, 0.1) is 0 Å². The molecular weight excluding hydrogens is 112 g/mol. The Morgan fingerprint density at radius 3 is 2.44 bits per heavy atom. The number of hydrogen-bond acceptors (Lipinski definition) is 0. The van der Waals surface area contributed by atoms with Gasteiger partial charge in [0.15, 0.2) is 0 Å². The normalized spacial score (nSPS) is 23.3. The Morgan fingerprint density at radius 2 is 2.11 bits per heavy atom. The topological polar surface area (TPSA) is 19.9 Å². The first-order valence-electron chi connectivity index (χ1n) is 3.97. The van der Waals surface area contributed by atoms with E-state index < -0.39 is 5.60 Å². The minimum absolute atomic E-state index is 0.476. The van der Waals surface area contributed by atoms with Gasteiger partial charge in [-0.15, -0.1) is 0 Å². The Balaban J connectivity index is 2.09. The molecule has 53 valence electrons. The van der Waals surface area contributed by atoms with Crippen molar-refractivity contribution >= 4 is 0 Å². The van der Waals surface area contributed by atoms with E-state index in [1.807, 2.05) is 0 Å². The van der Waals surface area contributed by atoms with Crippen LogP contribution in [-0.2, 0) is 5.11 Å². The molecule has 1 radical (unpaired) electrons. The largest absolute Gasteiger partial charge is 0.229 e. The lowest BCUT2D eigenvalue weighted by molar-refractivity contribution is -0.0982. The van der Waals surface area contributed by atoms with Crippen LogP contribution in [0.15, 0.2) is 0 Å². The molecule has 1 heteroatoms. The van der Waals surface area contributed by atoms with Crippen molar-refractivity contribution in [3.05, 3.63) is 0 Å². The Hall–Kier alpha value is -0.0400. The van der Waals surface area contributed by atoms with Gasteiger partial charge < -0.3 is 0 Å². The van der Waals surface area contributed by atoms with Crippen LogP contribution in [-0.4, -0.2) is 5.60 Å². The van der Waals surface area contributed by atoms with Gasteiger partial charge in [0, 0.05) is 0 Å². The Kier molecular flexibility index (Phi) is 2.12. The van der Waals surface area contributed by atoms with E-state index in [9.17, 15) is 5.11 Å². The van der Waals surface area contributed by atoms with Gasteiger partial charge in [0.05, 0.1) is 0 Å². The molecule has 0 aliphatic heterocycles. The van der Waals surface area contributed by atoms with Crippen molar-refractivity contribution in [3.8, 4) is 0 Å². The Bertz CT molecular complexity index is 84.6. The average molecular weight is 127 g/mol. The van der Waals surface area contributed by atoms with E-state index in [4.69, 9.17) is 0 Å². The fourth-order valence-corrected chi connectivity index (χ4v) is 1.32. The molecule has 0 N–H and O–H groups in total. The first kappa shape index (κ1) is 7.07. The van der Waals surface area contributed by atoms with Crippen LogP contribution in [0.4, 0.5) is 0 Å². The monoisotopic (exact) mass is 127 g/mol. The zero-order valence-electron chi connectivity index (χ0n) is 6.15. The van der Waals surface area contributed by atoms with E-state index in [-0.39, 0.29) is 0 Å². The summed E-state index contributed by atoms with van der Waals surface area (Å²) in [5.74, 6) is 0. The van der Waals surface area contributed by atoms with Crippen molar-refractivity contribution in [3.63, 3.8) is 0 Å². The van der Waals surface area contributed by atoms with Gasteiger partial charge in [0.25, 0.3) is 0 Å². The fraction of sp³-hybridized carbons (Fsp3) is 1.00. The standard InChI is InChI=1S/C8H15O/c1-2-3-5-8(9)6-4-7-8/h2-7H2,1H3. The molecule has 0 aromatic rings. The van der Waals surface area contributed by atoms with Crippen LogP contribution in [0.3, 0.4) is 0 Å². The van der Waals surface area contributed by atoms with E-state index in [1.54, 1.807) is 0 Å². The molecule has 1 fully saturated rings. The Morgan fingerprint density at radius 1 is 1.44 bits per heavy atom. The van der Waals surface area contributed by atoms with Crippen molar-refractivity contribution in [1.29, 1.82) is 0 Å². The molecule has 0 spiro atoms. The molecule has 0 atom stereocenters. The third kappa shape index (κ3) is 1.68. The number of unbranched alkanes of at least 4 members (excludes halogenated alkanes) is 1. The summed E-state index contributed by atoms with van der Waals surface area (Å²) in [7, 11) is 0. The zero-order valence-corrected chi connectivity index (χ0v) is 6.15. The lowest BCUT2D eigenvalue weighted by Gasteiger charge is -2.33. The molecule has 1 nitrogen and oxygen atoms in total. The second-order valence-corrected chi connectivity index (χ2v) is 3.14. The zero-order chi connectivity index (χ0) is 6.74. The second kappa shape index (κ2) is 2.70. The van der Waals surface area contributed by atoms with Crippen molar-refractivity contribution < 1.29 is 5.11 Å². The molecule has 0 heterocycles. The lowest BCUT2D eigenvalue weighted by atomic mass is 9.77. The van der Waals surface area contributed by atoms with Gasteiger partial charge in [-0.1, -0.05) is 19.8 Å². The van der Waals surface area contributed by atoms with Crippen LogP contribution < -0.4 is 0 Å². The highest BCUT2D eigenvalue weighted by atomic mass is 16.3. The number of rotatable bonds is 3. The first-order chi connectivity index (χ1) is 4.27. The van der Waals surface area contributed by atoms with E-state index in [2.05, 4.69) is 6.92 Å². The smallest absolute Gasteiger partial charge is 0.104 e. The molecule has 0 bridgehead atoms. The summed E-state index contributed by atoms with van der Waals surface area (Å²) < 4.78 is 0. The lowest BCUT2D eigenvalue weighted by Crippen LogP contribution is -2.34. The highest BCUT2D eigenvalue weighted by molar-refractivity contribution is 4.86. The predicted octanol–water partition coefficient (Wildman–Crippen LogP) is 2.53. The molecule has 1 aliphatic rings. The summed E-state index contributed by atoms with van der Waals surface area (Å²) >= 11 is 0. The molecule has 9 heavy (non-hydrogen) atoms. The molecule has 0 aromatic heterocycles. The van der Waals surface area contributed by atoms with Gasteiger partial charge in [-0.2, -0.15) is 0 Å². The van der Waals surface area contributed by atoms with Crippen molar-refractivity contribution in [2.45, 2.75) is 51.0 Å². The summed E-state index contributed by atoms with van der Waals surface area (Å²) in [6.45, 7) is 2.14. The SMILES string of the molecule is CCCCC1([O])CCC1. The van der Waals surface area contributed by atoms with Gasteiger partial charge in [0.1, 0.15) is 5.60 Å². The van der Waals surface area contributed by atoms with Gasteiger partial charge >= 0.3 is 0 Å². The van der Waals surface area contributed by atoms with Crippen molar-refractivity contribution in [2.75, 3.05) is 0 Å². The Labute approximate surface area is 57.1 Å². The van der Waals surface area contributed by atoms with Crippen LogP contribution >= 0.6 is 0 Å². The summed E-state index contributed by atoms with van der Waals surface area (Å²) in [6.07, 6.45) is 6.27. The molecule has 0 saturated heterocycles. The summed E-state index contributed by atoms with van der Waals surface area (Å²) in [5.41, 5.74) is -0.476. The predicted molar refractivity (Wildman–Crippen MR) is 36.8 cm³/mol. The molecule has 0 unspecified atom stereocenters. The van der Waals surface area contributed by atoms with E-state index >= 15 is 0 Å². The summed E-state index contributed by atoms with van der Waals surface area (Å²) in [4.78, 5) is 0. The quantitative estimate of drug-likeness (QED) is 0.555. The summed E-state index contributed by atoms with van der Waals surface area (Å²) in [6, 6.07) is 0. The molecule has 1 saturated carbocycles. The third-order valence-electron chi connectivity index (χ3n) is 2.25. The fourth-order valence-electron chi connectivity index (χ4n) is 1.32.